The molecule has 2 rings (SSSR count). The van der Waals surface area contributed by atoms with Crippen molar-refractivity contribution < 1.29 is 0 Å². The van der Waals surface area contributed by atoms with Crippen LogP contribution in [0.2, 0.25) is 0 Å². The zero-order chi connectivity index (χ0) is 16.6. The van der Waals surface area contributed by atoms with E-state index in [4.69, 9.17) is 0 Å². The van der Waals surface area contributed by atoms with Gasteiger partial charge in [-0.1, -0.05) is 79.7 Å². The Morgan fingerprint density at radius 1 is 0.545 bits per heavy atom. The highest BCUT2D eigenvalue weighted by Gasteiger charge is 2.18. The van der Waals surface area contributed by atoms with E-state index < -0.39 is 0 Å². The van der Waals surface area contributed by atoms with Crippen molar-refractivity contribution in [2.45, 2.75) is 79.1 Å². The van der Waals surface area contributed by atoms with E-state index in [0.717, 1.165) is 0 Å². The van der Waals surface area contributed by atoms with Crippen LogP contribution in [0.1, 0.15) is 101 Å². The summed E-state index contributed by atoms with van der Waals surface area (Å²) in [6, 6.07) is 9.60. The smallest absolute Gasteiger partial charge is 0.0141 e. The third-order valence-electron chi connectivity index (χ3n) is 4.75. The summed E-state index contributed by atoms with van der Waals surface area (Å²) >= 11 is 0. The Kier molecular flexibility index (Phi) is 5.00. The molecule has 0 atom stereocenters. The molecule has 0 radical (unpaired) electrons. The zero-order valence-corrected chi connectivity index (χ0v) is 15.6. The first-order chi connectivity index (χ1) is 10.2. The molecule has 0 N–H and O–H groups in total. The highest BCUT2D eigenvalue weighted by atomic mass is 14.2. The summed E-state index contributed by atoms with van der Waals surface area (Å²) in [6.07, 6.45) is 0. The second kappa shape index (κ2) is 6.44. The van der Waals surface area contributed by atoms with Crippen LogP contribution in [0.3, 0.4) is 0 Å². The summed E-state index contributed by atoms with van der Waals surface area (Å²) in [5, 5.41) is 2.93. The lowest BCUT2D eigenvalue weighted by Gasteiger charge is -2.24. The van der Waals surface area contributed by atoms with Gasteiger partial charge in [-0.25, -0.2) is 0 Å². The summed E-state index contributed by atoms with van der Waals surface area (Å²) in [5.41, 5.74) is 6.03. The third-order valence-corrected chi connectivity index (χ3v) is 4.75. The Labute approximate surface area is 136 Å². The van der Waals surface area contributed by atoms with E-state index in [0.29, 0.717) is 23.7 Å². The largest absolute Gasteiger partial charge is 0.0587 e. The van der Waals surface area contributed by atoms with E-state index >= 15 is 0 Å². The highest BCUT2D eigenvalue weighted by molar-refractivity contribution is 5.91. The van der Waals surface area contributed by atoms with Crippen molar-refractivity contribution in [1.82, 2.24) is 0 Å². The van der Waals surface area contributed by atoms with Gasteiger partial charge in [-0.15, -0.1) is 0 Å². The quantitative estimate of drug-likeness (QED) is 0.554. The van der Waals surface area contributed by atoms with Crippen molar-refractivity contribution in [3.63, 3.8) is 0 Å². The van der Waals surface area contributed by atoms with E-state index in [1.807, 2.05) is 0 Å². The van der Waals surface area contributed by atoms with Gasteiger partial charge in [0.25, 0.3) is 0 Å². The van der Waals surface area contributed by atoms with Gasteiger partial charge >= 0.3 is 0 Å². The van der Waals surface area contributed by atoms with Gasteiger partial charge in [0.15, 0.2) is 0 Å². The maximum Gasteiger partial charge on any atom is -0.0141 e. The number of hydrogen-bond donors (Lipinski definition) is 0. The third kappa shape index (κ3) is 3.07. The Balaban J connectivity index is 2.93. The maximum atomic E-state index is 2.47. The molecule has 0 amide bonds. The standard InChI is InChI=1S/C22H32/c1-13(2)17-9-10-18-19(14(3)4)12-20(15(5)6)22(16(7)8)21(18)11-17/h9-16H,1-8H3. The minimum Gasteiger partial charge on any atom is -0.0587 e. The summed E-state index contributed by atoms with van der Waals surface area (Å²) in [5.74, 6) is 2.27. The highest BCUT2D eigenvalue weighted by Crippen LogP contribution is 2.38. The normalized spacial score (nSPS) is 12.4. The Morgan fingerprint density at radius 2 is 1.14 bits per heavy atom. The molecule has 0 aliphatic heterocycles. The summed E-state index contributed by atoms with van der Waals surface area (Å²) in [6.45, 7) is 18.5. The molecule has 0 nitrogen and oxygen atoms in total. The molecule has 0 unspecified atom stereocenters. The van der Waals surface area contributed by atoms with Crippen LogP contribution in [0.4, 0.5) is 0 Å². The lowest BCUT2D eigenvalue weighted by molar-refractivity contribution is 0.787. The molecule has 0 spiro atoms. The van der Waals surface area contributed by atoms with Crippen molar-refractivity contribution in [3.05, 3.63) is 46.5 Å². The molecule has 0 fully saturated rings. The van der Waals surface area contributed by atoms with Gasteiger partial charge in [-0.3, -0.25) is 0 Å². The average molecular weight is 296 g/mol. The molecule has 0 heteroatoms. The van der Waals surface area contributed by atoms with Crippen molar-refractivity contribution in [2.75, 3.05) is 0 Å². The van der Waals surface area contributed by atoms with Gasteiger partial charge in [-0.2, -0.15) is 0 Å². The van der Waals surface area contributed by atoms with E-state index in [1.54, 1.807) is 5.56 Å². The molecule has 0 bridgehead atoms. The van der Waals surface area contributed by atoms with Gasteiger partial charge in [0.05, 0.1) is 0 Å². The fourth-order valence-corrected chi connectivity index (χ4v) is 3.47. The van der Waals surface area contributed by atoms with Crippen molar-refractivity contribution >= 4 is 10.8 Å². The second-order valence-electron chi connectivity index (χ2n) is 7.89. The molecular weight excluding hydrogens is 264 g/mol. The summed E-state index contributed by atoms with van der Waals surface area (Å²) < 4.78 is 0. The van der Waals surface area contributed by atoms with Gasteiger partial charge in [0.1, 0.15) is 0 Å². The van der Waals surface area contributed by atoms with Crippen LogP contribution in [-0.2, 0) is 0 Å². The summed E-state index contributed by atoms with van der Waals surface area (Å²) in [4.78, 5) is 0. The fourth-order valence-electron chi connectivity index (χ4n) is 3.47. The average Bonchev–Trinajstić information content (AvgIpc) is 2.43. The monoisotopic (exact) mass is 296 g/mol. The topological polar surface area (TPSA) is 0 Å². The minimum atomic E-state index is 0.559. The molecular formula is C22H32. The second-order valence-corrected chi connectivity index (χ2v) is 7.89. The molecule has 0 aliphatic rings. The van der Waals surface area contributed by atoms with Crippen molar-refractivity contribution in [2.24, 2.45) is 0 Å². The van der Waals surface area contributed by atoms with Gasteiger partial charge in [0, 0.05) is 0 Å². The maximum absolute atomic E-state index is 2.47. The first kappa shape index (κ1) is 17.1. The first-order valence-corrected chi connectivity index (χ1v) is 8.84. The van der Waals surface area contributed by atoms with Crippen LogP contribution in [-0.4, -0.2) is 0 Å². The van der Waals surface area contributed by atoms with E-state index in [1.165, 1.54) is 27.5 Å². The molecule has 120 valence electrons. The molecule has 0 saturated carbocycles. The fraction of sp³-hybridized carbons (Fsp3) is 0.545. The van der Waals surface area contributed by atoms with E-state index in [9.17, 15) is 0 Å². The van der Waals surface area contributed by atoms with Crippen LogP contribution in [0.25, 0.3) is 10.8 Å². The predicted molar refractivity (Wildman–Crippen MR) is 100 cm³/mol. The molecule has 0 aromatic heterocycles. The minimum absolute atomic E-state index is 0.559. The number of rotatable bonds is 4. The zero-order valence-electron chi connectivity index (χ0n) is 15.6. The van der Waals surface area contributed by atoms with Crippen LogP contribution >= 0.6 is 0 Å². The number of hydrogen-bond acceptors (Lipinski definition) is 0. The Hall–Kier alpha value is -1.30. The molecule has 0 aliphatic carbocycles. The number of fused-ring (bicyclic) bond motifs is 1. The van der Waals surface area contributed by atoms with E-state index in [-0.39, 0.29) is 0 Å². The Morgan fingerprint density at radius 3 is 1.59 bits per heavy atom. The lowest BCUT2D eigenvalue weighted by atomic mass is 9.81. The molecule has 0 saturated heterocycles. The summed E-state index contributed by atoms with van der Waals surface area (Å²) in [7, 11) is 0. The molecule has 0 heterocycles. The predicted octanol–water partition coefficient (Wildman–Crippen LogP) is 7.33. The van der Waals surface area contributed by atoms with Crippen molar-refractivity contribution in [1.29, 1.82) is 0 Å². The SMILES string of the molecule is CC(C)c1ccc2c(C(C)C)cc(C(C)C)c(C(C)C)c2c1. The molecule has 2 aromatic rings. The molecule has 2 aromatic carbocycles. The van der Waals surface area contributed by atoms with Crippen molar-refractivity contribution in [3.8, 4) is 0 Å². The van der Waals surface area contributed by atoms with Gasteiger partial charge < -0.3 is 0 Å². The number of benzene rings is 2. The van der Waals surface area contributed by atoms with Gasteiger partial charge in [-0.05, 0) is 56.7 Å². The van der Waals surface area contributed by atoms with Crippen LogP contribution in [0.15, 0.2) is 24.3 Å². The molecule has 22 heavy (non-hydrogen) atoms. The lowest BCUT2D eigenvalue weighted by Crippen LogP contribution is -2.04. The van der Waals surface area contributed by atoms with Gasteiger partial charge in [0.2, 0.25) is 0 Å². The Bertz CT molecular complexity index is 657. The first-order valence-electron chi connectivity index (χ1n) is 8.84. The van der Waals surface area contributed by atoms with Crippen LogP contribution in [0, 0.1) is 0 Å². The van der Waals surface area contributed by atoms with E-state index in [2.05, 4.69) is 79.7 Å². The van der Waals surface area contributed by atoms with Crippen LogP contribution in [0.5, 0.6) is 0 Å². The van der Waals surface area contributed by atoms with Crippen LogP contribution < -0.4 is 0 Å².